The van der Waals surface area contributed by atoms with E-state index in [0.29, 0.717) is 11.1 Å². The molecule has 2 rings (SSSR count). The second-order valence-electron chi connectivity index (χ2n) is 5.14. The molecule has 6 nitrogen and oxygen atoms in total. The van der Waals surface area contributed by atoms with Crippen LogP contribution in [0.25, 0.3) is 0 Å². The highest BCUT2D eigenvalue weighted by Crippen LogP contribution is 2.15. The first kappa shape index (κ1) is 16.5. The number of nitrogens with zero attached hydrogens (tertiary/aromatic N) is 2. The number of nitrogens with one attached hydrogen (secondary N) is 1. The highest BCUT2D eigenvalue weighted by Gasteiger charge is 2.24. The molecular weight excluding hydrogens is 294 g/mol. The van der Waals surface area contributed by atoms with Gasteiger partial charge in [0.1, 0.15) is 5.82 Å². The maximum Gasteiger partial charge on any atom is 0.333 e. The van der Waals surface area contributed by atoms with Crippen LogP contribution in [-0.2, 0) is 9.53 Å². The minimum Gasteiger partial charge on any atom is -0.467 e. The summed E-state index contributed by atoms with van der Waals surface area (Å²) in [5.74, 6) is -0.168. The third-order valence-corrected chi connectivity index (χ3v) is 3.31. The third-order valence-electron chi connectivity index (χ3n) is 3.31. The minimum absolute atomic E-state index is 0.375. The fraction of sp³-hybridized carbons (Fsp3) is 0.235. The molecule has 0 bridgehead atoms. The van der Waals surface area contributed by atoms with Gasteiger partial charge >= 0.3 is 5.97 Å². The Labute approximate surface area is 135 Å². The average Bonchev–Trinajstić information content (AvgIpc) is 2.59. The van der Waals surface area contributed by atoms with E-state index < -0.39 is 12.0 Å². The van der Waals surface area contributed by atoms with Crippen LogP contribution >= 0.6 is 0 Å². The van der Waals surface area contributed by atoms with Gasteiger partial charge in [-0.25, -0.2) is 9.78 Å². The van der Waals surface area contributed by atoms with Crippen molar-refractivity contribution in [2.75, 3.05) is 26.1 Å². The van der Waals surface area contributed by atoms with E-state index in [9.17, 15) is 9.59 Å². The van der Waals surface area contributed by atoms with E-state index >= 15 is 0 Å². The van der Waals surface area contributed by atoms with Crippen molar-refractivity contribution in [1.82, 2.24) is 10.3 Å². The van der Waals surface area contributed by atoms with Gasteiger partial charge in [-0.1, -0.05) is 30.3 Å². The largest absolute Gasteiger partial charge is 0.467 e. The third kappa shape index (κ3) is 4.06. The normalized spacial score (nSPS) is 11.4. The smallest absolute Gasteiger partial charge is 0.333 e. The predicted molar refractivity (Wildman–Crippen MR) is 87.2 cm³/mol. The zero-order valence-electron chi connectivity index (χ0n) is 13.3. The van der Waals surface area contributed by atoms with E-state index in [1.165, 1.54) is 13.3 Å². The first-order valence-electron chi connectivity index (χ1n) is 7.10. The lowest BCUT2D eigenvalue weighted by Gasteiger charge is -2.17. The summed E-state index contributed by atoms with van der Waals surface area (Å²) in [6.45, 7) is 0. The van der Waals surface area contributed by atoms with Gasteiger partial charge in [-0.3, -0.25) is 4.79 Å². The second-order valence-corrected chi connectivity index (χ2v) is 5.14. The number of amides is 1. The highest BCUT2D eigenvalue weighted by atomic mass is 16.5. The molecule has 2 aromatic rings. The van der Waals surface area contributed by atoms with Crippen LogP contribution in [0.4, 0.5) is 5.82 Å². The zero-order chi connectivity index (χ0) is 16.8. The Morgan fingerprint density at radius 2 is 1.83 bits per heavy atom. The average molecular weight is 313 g/mol. The van der Waals surface area contributed by atoms with E-state index in [1.807, 2.05) is 25.1 Å². The summed E-state index contributed by atoms with van der Waals surface area (Å²) < 4.78 is 4.78. The Bertz CT molecular complexity index is 669. The fourth-order valence-electron chi connectivity index (χ4n) is 2.04. The fourth-order valence-corrected chi connectivity index (χ4v) is 2.04. The lowest BCUT2D eigenvalue weighted by atomic mass is 10.1. The predicted octanol–water partition coefficient (Wildman–Crippen LogP) is 1.79. The quantitative estimate of drug-likeness (QED) is 0.852. The van der Waals surface area contributed by atoms with Crippen molar-refractivity contribution >= 4 is 17.7 Å². The number of methoxy groups -OCH3 is 1. The van der Waals surface area contributed by atoms with E-state index in [2.05, 4.69) is 10.3 Å². The number of hydrogen-bond donors (Lipinski definition) is 1. The number of hydrogen-bond acceptors (Lipinski definition) is 5. The molecule has 1 N–H and O–H groups in total. The number of carbonyl (C=O) groups is 2. The number of ether oxygens (including phenoxy) is 1. The van der Waals surface area contributed by atoms with Crippen LogP contribution in [0.5, 0.6) is 0 Å². The van der Waals surface area contributed by atoms with Gasteiger partial charge in [0.25, 0.3) is 5.91 Å². The Balaban J connectivity index is 2.19. The molecule has 1 aromatic heterocycles. The molecule has 1 amide bonds. The van der Waals surface area contributed by atoms with E-state index in [1.54, 1.807) is 36.4 Å². The molecule has 23 heavy (non-hydrogen) atoms. The Morgan fingerprint density at radius 3 is 2.35 bits per heavy atom. The molecule has 1 heterocycles. The zero-order valence-corrected chi connectivity index (χ0v) is 13.3. The lowest BCUT2D eigenvalue weighted by molar-refractivity contribution is -0.143. The van der Waals surface area contributed by atoms with Crippen molar-refractivity contribution < 1.29 is 14.3 Å². The first-order chi connectivity index (χ1) is 11.0. The molecule has 0 aliphatic carbocycles. The van der Waals surface area contributed by atoms with Gasteiger partial charge in [-0.05, 0) is 17.7 Å². The van der Waals surface area contributed by atoms with Crippen LogP contribution in [-0.4, -0.2) is 38.1 Å². The Hall–Kier alpha value is -2.89. The molecular formula is C17H19N3O3. The lowest BCUT2D eigenvalue weighted by Crippen LogP contribution is -2.34. The van der Waals surface area contributed by atoms with Crippen molar-refractivity contribution in [2.45, 2.75) is 6.04 Å². The molecule has 0 spiro atoms. The van der Waals surface area contributed by atoms with Crippen LogP contribution in [0.3, 0.4) is 0 Å². The number of anilines is 1. The number of aromatic nitrogens is 1. The minimum atomic E-state index is -0.859. The van der Waals surface area contributed by atoms with Crippen molar-refractivity contribution in [2.24, 2.45) is 0 Å². The van der Waals surface area contributed by atoms with Gasteiger partial charge in [0.05, 0.1) is 12.7 Å². The SMILES string of the molecule is COC(=O)[C@H](NC(=O)c1ccc(N(C)C)nc1)c1ccccc1. The summed E-state index contributed by atoms with van der Waals surface area (Å²) in [6.07, 6.45) is 1.48. The number of esters is 1. The molecule has 0 aliphatic rings. The summed E-state index contributed by atoms with van der Waals surface area (Å²) >= 11 is 0. The maximum absolute atomic E-state index is 12.4. The summed E-state index contributed by atoms with van der Waals surface area (Å²) in [5.41, 5.74) is 1.03. The van der Waals surface area contributed by atoms with Crippen molar-refractivity contribution in [3.05, 3.63) is 59.8 Å². The molecule has 0 fully saturated rings. The number of carbonyl (C=O) groups excluding carboxylic acids is 2. The maximum atomic E-state index is 12.4. The van der Waals surface area contributed by atoms with Crippen molar-refractivity contribution in [1.29, 1.82) is 0 Å². The van der Waals surface area contributed by atoms with Crippen LogP contribution in [0, 0.1) is 0 Å². The summed E-state index contributed by atoms with van der Waals surface area (Å²) in [7, 11) is 5.02. The van der Waals surface area contributed by atoms with E-state index in [4.69, 9.17) is 4.74 Å². The highest BCUT2D eigenvalue weighted by molar-refractivity contribution is 5.96. The number of benzene rings is 1. The molecule has 0 radical (unpaired) electrons. The van der Waals surface area contributed by atoms with Gasteiger partial charge in [0.15, 0.2) is 6.04 Å². The number of rotatable bonds is 5. The second kappa shape index (κ2) is 7.40. The van der Waals surface area contributed by atoms with E-state index in [0.717, 1.165) is 5.82 Å². The molecule has 120 valence electrons. The van der Waals surface area contributed by atoms with Crippen LogP contribution < -0.4 is 10.2 Å². The van der Waals surface area contributed by atoms with Gasteiger partial charge in [0.2, 0.25) is 0 Å². The molecule has 1 atom stereocenters. The standard InChI is InChI=1S/C17H19N3O3/c1-20(2)14-10-9-13(11-18-14)16(21)19-15(17(22)23-3)12-7-5-4-6-8-12/h4-11,15H,1-3H3,(H,19,21)/t15-/m1/s1. The van der Waals surface area contributed by atoms with Gasteiger partial charge < -0.3 is 15.0 Å². The van der Waals surface area contributed by atoms with Crippen LogP contribution in [0.2, 0.25) is 0 Å². The Morgan fingerprint density at radius 1 is 1.13 bits per heavy atom. The molecule has 0 saturated carbocycles. The first-order valence-corrected chi connectivity index (χ1v) is 7.10. The van der Waals surface area contributed by atoms with Crippen LogP contribution in [0.15, 0.2) is 48.7 Å². The monoisotopic (exact) mass is 313 g/mol. The van der Waals surface area contributed by atoms with Gasteiger partial charge in [-0.2, -0.15) is 0 Å². The summed E-state index contributed by atoms with van der Waals surface area (Å²) in [6, 6.07) is 11.5. The molecule has 0 aliphatic heterocycles. The van der Waals surface area contributed by atoms with Gasteiger partial charge in [-0.15, -0.1) is 0 Å². The molecule has 1 aromatic carbocycles. The molecule has 0 saturated heterocycles. The molecule has 0 unspecified atom stereocenters. The van der Waals surface area contributed by atoms with Crippen molar-refractivity contribution in [3.8, 4) is 0 Å². The van der Waals surface area contributed by atoms with E-state index in [-0.39, 0.29) is 5.91 Å². The summed E-state index contributed by atoms with van der Waals surface area (Å²) in [4.78, 5) is 30.4. The van der Waals surface area contributed by atoms with Crippen molar-refractivity contribution in [3.63, 3.8) is 0 Å². The topological polar surface area (TPSA) is 71.5 Å². The Kier molecular flexibility index (Phi) is 5.30. The van der Waals surface area contributed by atoms with Gasteiger partial charge in [0, 0.05) is 20.3 Å². The van der Waals surface area contributed by atoms with Crippen LogP contribution in [0.1, 0.15) is 22.0 Å². The number of pyridine rings is 1. The molecule has 6 heteroatoms. The summed E-state index contributed by atoms with van der Waals surface area (Å²) in [5, 5.41) is 2.68.